The molecule has 10 heteroatoms. The van der Waals surface area contributed by atoms with Gasteiger partial charge in [-0.3, -0.25) is 19.2 Å². The maximum Gasteiger partial charge on any atom is 0.310 e. The van der Waals surface area contributed by atoms with E-state index in [0.717, 1.165) is 22.3 Å². The Kier molecular flexibility index (Phi) is 9.16. The summed E-state index contributed by atoms with van der Waals surface area (Å²) in [6.07, 6.45) is 0.819. The minimum atomic E-state index is -0.386. The van der Waals surface area contributed by atoms with E-state index in [9.17, 15) is 19.2 Å². The molecule has 0 saturated heterocycles. The van der Waals surface area contributed by atoms with Crippen molar-refractivity contribution in [3.05, 3.63) is 95.1 Å². The molecular formula is C38H34O10. The van der Waals surface area contributed by atoms with Crippen molar-refractivity contribution in [3.8, 4) is 46.0 Å². The zero-order chi connectivity index (χ0) is 33.9. The Morgan fingerprint density at radius 2 is 0.667 bits per heavy atom. The molecule has 4 aromatic rings. The molecule has 2 heterocycles. The van der Waals surface area contributed by atoms with Crippen molar-refractivity contribution in [3.63, 3.8) is 0 Å². The molecule has 0 atom stereocenters. The molecule has 0 saturated carbocycles. The van der Waals surface area contributed by atoms with E-state index in [-0.39, 0.29) is 61.4 Å². The second-order valence-corrected chi connectivity index (χ2v) is 11.3. The van der Waals surface area contributed by atoms with Crippen LogP contribution in [-0.2, 0) is 19.2 Å². The number of hydrogen-bond donors (Lipinski definition) is 0. The standard InChI is InChI=1S/C38H34O10/c1-5-33(39)43-21-9-13-25-29(17-21)47-30-18-22(44-34(40)6-2)10-14-26(30)37(25)38-27-15-11-23(45-35(41)7-3)19-31(27)48-32-20-24(12-16-28(32)38)46-36(42)8-4/h9-20,37-38H,5-8H2,1-4H3. The van der Waals surface area contributed by atoms with Crippen molar-refractivity contribution in [2.45, 2.75) is 65.2 Å². The Hall–Kier alpha value is -5.64. The fourth-order valence-corrected chi connectivity index (χ4v) is 5.80. The Morgan fingerprint density at radius 1 is 0.438 bits per heavy atom. The third-order valence-corrected chi connectivity index (χ3v) is 8.13. The van der Waals surface area contributed by atoms with Gasteiger partial charge in [-0.25, -0.2) is 0 Å². The second-order valence-electron chi connectivity index (χ2n) is 11.3. The highest BCUT2D eigenvalue weighted by Gasteiger charge is 2.41. The average molecular weight is 651 g/mol. The lowest BCUT2D eigenvalue weighted by atomic mass is 9.71. The van der Waals surface area contributed by atoms with E-state index < -0.39 is 0 Å². The van der Waals surface area contributed by atoms with Crippen LogP contribution in [0, 0.1) is 0 Å². The molecule has 246 valence electrons. The fourth-order valence-electron chi connectivity index (χ4n) is 5.80. The fraction of sp³-hybridized carbons (Fsp3) is 0.263. The number of hydrogen-bond acceptors (Lipinski definition) is 10. The van der Waals surface area contributed by atoms with Crippen molar-refractivity contribution < 1.29 is 47.6 Å². The molecular weight excluding hydrogens is 616 g/mol. The molecule has 0 unspecified atom stereocenters. The van der Waals surface area contributed by atoms with Crippen LogP contribution in [0.15, 0.2) is 72.8 Å². The van der Waals surface area contributed by atoms with Gasteiger partial charge < -0.3 is 28.4 Å². The molecule has 0 spiro atoms. The van der Waals surface area contributed by atoms with E-state index in [1.54, 1.807) is 76.2 Å². The maximum absolute atomic E-state index is 12.1. The van der Waals surface area contributed by atoms with Crippen molar-refractivity contribution >= 4 is 23.9 Å². The van der Waals surface area contributed by atoms with Crippen LogP contribution in [0.4, 0.5) is 0 Å². The van der Waals surface area contributed by atoms with E-state index >= 15 is 0 Å². The van der Waals surface area contributed by atoms with Gasteiger partial charge in [-0.15, -0.1) is 0 Å². The summed E-state index contributed by atoms with van der Waals surface area (Å²) in [6, 6.07) is 21.1. The summed E-state index contributed by atoms with van der Waals surface area (Å²) in [6.45, 7) is 6.86. The van der Waals surface area contributed by atoms with Crippen molar-refractivity contribution in [1.29, 1.82) is 0 Å². The molecule has 0 amide bonds. The molecule has 0 bridgehead atoms. The molecule has 6 rings (SSSR count). The van der Waals surface area contributed by atoms with Crippen LogP contribution >= 0.6 is 0 Å². The number of carbonyl (C=O) groups is 4. The molecule has 4 aromatic carbocycles. The van der Waals surface area contributed by atoms with Gasteiger partial charge in [-0.05, 0) is 24.3 Å². The highest BCUT2D eigenvalue weighted by atomic mass is 16.6. The van der Waals surface area contributed by atoms with Crippen LogP contribution in [0.5, 0.6) is 46.0 Å². The topological polar surface area (TPSA) is 124 Å². The first kappa shape index (κ1) is 32.3. The molecule has 2 aliphatic heterocycles. The monoisotopic (exact) mass is 650 g/mol. The van der Waals surface area contributed by atoms with Crippen LogP contribution in [0.2, 0.25) is 0 Å². The highest BCUT2D eigenvalue weighted by Crippen LogP contribution is 2.58. The van der Waals surface area contributed by atoms with Gasteiger partial charge in [0.25, 0.3) is 0 Å². The maximum atomic E-state index is 12.1. The predicted octanol–water partition coefficient (Wildman–Crippen LogP) is 8.12. The number of carbonyl (C=O) groups excluding carboxylic acids is 4. The predicted molar refractivity (Wildman–Crippen MR) is 173 cm³/mol. The van der Waals surface area contributed by atoms with Crippen molar-refractivity contribution in [2.75, 3.05) is 0 Å². The van der Waals surface area contributed by atoms with Gasteiger partial charge in [0, 0.05) is 84.0 Å². The summed E-state index contributed by atoms with van der Waals surface area (Å²) >= 11 is 0. The zero-order valence-corrected chi connectivity index (χ0v) is 27.0. The summed E-state index contributed by atoms with van der Waals surface area (Å²) in [4.78, 5) is 48.6. The smallest absolute Gasteiger partial charge is 0.310 e. The highest BCUT2D eigenvalue weighted by molar-refractivity contribution is 5.75. The van der Waals surface area contributed by atoms with E-state index in [4.69, 9.17) is 28.4 Å². The molecule has 48 heavy (non-hydrogen) atoms. The largest absolute Gasteiger partial charge is 0.456 e. The van der Waals surface area contributed by atoms with E-state index in [2.05, 4.69) is 0 Å². The molecule has 2 aliphatic rings. The Balaban J connectivity index is 1.54. The number of fused-ring (bicyclic) bond motifs is 4. The number of benzene rings is 4. The summed E-state index contributed by atoms with van der Waals surface area (Å²) in [5.41, 5.74) is 3.24. The number of ether oxygens (including phenoxy) is 6. The minimum absolute atomic E-state index is 0.205. The molecule has 10 nitrogen and oxygen atoms in total. The van der Waals surface area contributed by atoms with Crippen LogP contribution < -0.4 is 28.4 Å². The van der Waals surface area contributed by atoms with E-state index in [1.165, 1.54) is 0 Å². The van der Waals surface area contributed by atoms with Gasteiger partial charge in [0.05, 0.1) is 0 Å². The Labute approximate surface area is 277 Å². The summed E-state index contributed by atoms with van der Waals surface area (Å²) in [5, 5.41) is 0. The van der Waals surface area contributed by atoms with Crippen LogP contribution in [0.25, 0.3) is 0 Å². The van der Waals surface area contributed by atoms with Crippen LogP contribution in [0.1, 0.15) is 87.5 Å². The van der Waals surface area contributed by atoms with Crippen LogP contribution in [-0.4, -0.2) is 23.9 Å². The number of rotatable bonds is 9. The SMILES string of the molecule is CCC(=O)Oc1ccc2c(c1)Oc1cc(OC(=O)CC)ccc1C2C1c2ccc(OC(=O)CC)cc2Oc2cc(OC(=O)CC)ccc21. The Morgan fingerprint density at radius 3 is 0.875 bits per heavy atom. The first-order chi connectivity index (χ1) is 23.2. The minimum Gasteiger partial charge on any atom is -0.456 e. The van der Waals surface area contributed by atoms with E-state index in [0.29, 0.717) is 46.0 Å². The summed E-state index contributed by atoms with van der Waals surface area (Å²) in [5.74, 6) is 0.847. The van der Waals surface area contributed by atoms with Crippen molar-refractivity contribution in [1.82, 2.24) is 0 Å². The lowest BCUT2D eigenvalue weighted by Crippen LogP contribution is -2.22. The van der Waals surface area contributed by atoms with Gasteiger partial charge in [-0.2, -0.15) is 0 Å². The number of esters is 4. The van der Waals surface area contributed by atoms with Gasteiger partial charge >= 0.3 is 23.9 Å². The quantitative estimate of drug-likeness (QED) is 0.130. The molecule has 0 radical (unpaired) electrons. The lowest BCUT2D eigenvalue weighted by molar-refractivity contribution is -0.134. The van der Waals surface area contributed by atoms with Gasteiger partial charge in [0.15, 0.2) is 0 Å². The molecule has 0 N–H and O–H groups in total. The van der Waals surface area contributed by atoms with Crippen molar-refractivity contribution in [2.24, 2.45) is 0 Å². The third kappa shape index (κ3) is 6.46. The second kappa shape index (κ2) is 13.6. The lowest BCUT2D eigenvalue weighted by Gasteiger charge is -2.38. The van der Waals surface area contributed by atoms with Gasteiger partial charge in [0.2, 0.25) is 0 Å². The first-order valence-electron chi connectivity index (χ1n) is 15.9. The summed E-state index contributed by atoms with van der Waals surface area (Å²) in [7, 11) is 0. The molecule has 0 fully saturated rings. The van der Waals surface area contributed by atoms with E-state index in [1.807, 2.05) is 24.3 Å². The Bertz CT molecular complexity index is 1650. The third-order valence-electron chi connectivity index (χ3n) is 8.13. The van der Waals surface area contributed by atoms with Crippen LogP contribution in [0.3, 0.4) is 0 Å². The normalized spacial score (nSPS) is 13.0. The first-order valence-corrected chi connectivity index (χ1v) is 15.9. The van der Waals surface area contributed by atoms with Gasteiger partial charge in [0.1, 0.15) is 46.0 Å². The molecule has 0 aromatic heterocycles. The zero-order valence-electron chi connectivity index (χ0n) is 27.0. The average Bonchev–Trinajstić information content (AvgIpc) is 3.09. The molecule has 0 aliphatic carbocycles. The van der Waals surface area contributed by atoms with Gasteiger partial charge in [-0.1, -0.05) is 52.0 Å². The summed E-state index contributed by atoms with van der Waals surface area (Å²) < 4.78 is 34.9.